The van der Waals surface area contributed by atoms with Crippen LogP contribution in [0.25, 0.3) is 32.7 Å². The van der Waals surface area contributed by atoms with Crippen LogP contribution in [0.3, 0.4) is 0 Å². The summed E-state index contributed by atoms with van der Waals surface area (Å²) in [5.74, 6) is 2.71. The van der Waals surface area contributed by atoms with Crippen molar-refractivity contribution >= 4 is 68.4 Å². The zero-order valence-corrected chi connectivity index (χ0v) is 46.2. The van der Waals surface area contributed by atoms with Gasteiger partial charge in [-0.3, -0.25) is 15.0 Å². The van der Waals surface area contributed by atoms with E-state index in [-0.39, 0.29) is 32.7 Å². The molecule has 0 aliphatic rings. The Morgan fingerprint density at radius 2 is 0.514 bits per heavy atom. The van der Waals surface area contributed by atoms with Gasteiger partial charge < -0.3 is 15.0 Å². The molecule has 9 rings (SSSR count). The van der Waals surface area contributed by atoms with E-state index in [1.165, 1.54) is 33.4 Å². The Kier molecular flexibility index (Phi) is 18.9. The summed E-state index contributed by atoms with van der Waals surface area (Å²) >= 11 is 0. The number of hydrogen-bond donors (Lipinski definition) is 0. The number of aromatic nitrogens is 3. The van der Waals surface area contributed by atoms with Crippen molar-refractivity contribution < 1.29 is 32.7 Å². The van der Waals surface area contributed by atoms with Gasteiger partial charge in [-0.15, -0.1) is 33.6 Å². The summed E-state index contributed by atoms with van der Waals surface area (Å²) in [5, 5.41) is 3.49. The van der Waals surface area contributed by atoms with Gasteiger partial charge in [-0.05, 0) is 85.0 Å². The van der Waals surface area contributed by atoms with Gasteiger partial charge in [-0.25, -0.2) is 0 Å². The van der Waals surface area contributed by atoms with Gasteiger partial charge in [0.15, 0.2) is 0 Å². The van der Waals surface area contributed by atoms with Gasteiger partial charge in [0.25, 0.3) is 0 Å². The molecule has 0 bridgehead atoms. The van der Waals surface area contributed by atoms with E-state index < -0.39 is 0 Å². The monoisotopic (exact) mass is 998 g/mol. The van der Waals surface area contributed by atoms with Gasteiger partial charge in [0, 0.05) is 18.6 Å². The van der Waals surface area contributed by atoms with E-state index in [1.54, 1.807) is 0 Å². The van der Waals surface area contributed by atoms with E-state index in [4.69, 9.17) is 15.0 Å². The van der Waals surface area contributed by atoms with Crippen LogP contribution in [0.5, 0.6) is 0 Å². The second-order valence-electron chi connectivity index (χ2n) is 19.8. The minimum Gasteiger partial charge on any atom is -0.656 e. The van der Waals surface area contributed by atoms with Crippen molar-refractivity contribution in [2.45, 2.75) is 119 Å². The van der Waals surface area contributed by atoms with Gasteiger partial charge in [0.1, 0.15) is 0 Å². The molecule has 6 aromatic carbocycles. The molecule has 354 valence electrons. The minimum atomic E-state index is 0. The molecule has 3 heterocycles. The summed E-state index contributed by atoms with van der Waals surface area (Å²) in [6, 6.07) is 50.3. The summed E-state index contributed by atoms with van der Waals surface area (Å²) < 4.78 is 0. The van der Waals surface area contributed by atoms with Crippen LogP contribution < -0.4 is 15.0 Å². The van der Waals surface area contributed by atoms with E-state index in [2.05, 4.69) is 189 Å². The standard InChI is InChI=1S/3C21H23N2.Y/c3*1-14(2)18-9-7-10-19(15(3)4)21(18)22-13-17-12-16-8-5-6-11-20(16)23-17;/h3*5-15H,1-4H3;/q3*-1;+3. The molecule has 70 heavy (non-hydrogen) atoms. The molecule has 7 heteroatoms. The van der Waals surface area contributed by atoms with Crippen molar-refractivity contribution in [3.8, 4) is 0 Å². The molecule has 0 saturated carbocycles. The average Bonchev–Trinajstić information content (AvgIpc) is 4.08. The fourth-order valence-corrected chi connectivity index (χ4v) is 8.70. The molecular formula is C63H69N6Y. The molecule has 3 aromatic heterocycles. The molecule has 0 N–H and O–H groups in total. The summed E-state index contributed by atoms with van der Waals surface area (Å²) in [7, 11) is 0. The largest absolute Gasteiger partial charge is 3.00 e. The van der Waals surface area contributed by atoms with Crippen molar-refractivity contribution in [1.82, 2.24) is 15.0 Å². The van der Waals surface area contributed by atoms with Crippen LogP contribution in [0.1, 0.15) is 169 Å². The molecule has 6 nitrogen and oxygen atoms in total. The number of benzene rings is 6. The fourth-order valence-electron chi connectivity index (χ4n) is 8.70. The number of nitrogens with zero attached hydrogens (tertiary/aromatic N) is 6. The summed E-state index contributed by atoms with van der Waals surface area (Å²) in [5.41, 5.74) is 16.9. The van der Waals surface area contributed by atoms with E-state index in [0.717, 1.165) is 66.9 Å². The molecule has 0 spiro atoms. The van der Waals surface area contributed by atoms with Crippen LogP contribution in [0.2, 0.25) is 0 Å². The van der Waals surface area contributed by atoms with E-state index in [1.807, 2.05) is 73.2 Å². The molecule has 0 saturated heterocycles. The molecule has 0 unspecified atom stereocenters. The first kappa shape index (κ1) is 53.4. The predicted octanol–water partition coefficient (Wildman–Crippen LogP) is 17.4. The van der Waals surface area contributed by atoms with Crippen molar-refractivity contribution in [3.63, 3.8) is 0 Å². The van der Waals surface area contributed by atoms with Crippen LogP contribution in [0, 0.1) is 0 Å². The van der Waals surface area contributed by atoms with Crippen molar-refractivity contribution in [2.24, 2.45) is 15.0 Å². The first-order valence-electron chi connectivity index (χ1n) is 24.8. The number of hydrogen-bond acceptors (Lipinski definition) is 3. The molecular weight excluding hydrogens is 930 g/mol. The van der Waals surface area contributed by atoms with Crippen molar-refractivity contribution in [1.29, 1.82) is 0 Å². The Morgan fingerprint density at radius 3 is 0.714 bits per heavy atom. The Hall–Kier alpha value is -5.95. The third-order valence-corrected chi connectivity index (χ3v) is 12.5. The van der Waals surface area contributed by atoms with Crippen LogP contribution >= 0.6 is 0 Å². The fraction of sp³-hybridized carbons (Fsp3) is 0.286. The summed E-state index contributed by atoms with van der Waals surface area (Å²) in [6.07, 6.45) is 5.69. The predicted molar refractivity (Wildman–Crippen MR) is 297 cm³/mol. The second kappa shape index (κ2) is 24.7. The Morgan fingerprint density at radius 1 is 0.300 bits per heavy atom. The topological polar surface area (TPSA) is 79.4 Å². The maximum Gasteiger partial charge on any atom is 3.00 e. The molecule has 9 aromatic rings. The second-order valence-corrected chi connectivity index (χ2v) is 19.8. The minimum absolute atomic E-state index is 0. The third-order valence-electron chi connectivity index (χ3n) is 12.5. The molecule has 0 atom stereocenters. The molecule has 0 aliphatic carbocycles. The SMILES string of the molecule is CC(C)c1cccc(C(C)C)c1N=Cc1cc2ccccc2[n-]1.CC(C)c1cccc(C(C)C)c1N=Cc1cc2ccccc2[n-]1.CC(C)c1cccc(C(C)C)c1N=Cc1cc2ccccc2[n-]1.[Y+3]. The Balaban J connectivity index is 0.000000171. The van der Waals surface area contributed by atoms with Gasteiger partial charge in [-0.2, -0.15) is 0 Å². The van der Waals surface area contributed by atoms with Crippen LogP contribution in [0.15, 0.2) is 161 Å². The first-order valence-corrected chi connectivity index (χ1v) is 24.8. The molecule has 0 fully saturated rings. The van der Waals surface area contributed by atoms with E-state index in [9.17, 15) is 0 Å². The van der Waals surface area contributed by atoms with E-state index >= 15 is 0 Å². The van der Waals surface area contributed by atoms with Crippen LogP contribution in [0.4, 0.5) is 17.1 Å². The quantitative estimate of drug-likeness (QED) is 0.114. The zero-order valence-electron chi connectivity index (χ0n) is 43.3. The molecule has 0 aliphatic heterocycles. The average molecular weight is 999 g/mol. The number of para-hydroxylation sites is 6. The van der Waals surface area contributed by atoms with Crippen molar-refractivity contribution in [3.05, 3.63) is 196 Å². The Labute approximate surface area is 442 Å². The molecule has 0 amide bonds. The molecule has 0 radical (unpaired) electrons. The maximum atomic E-state index is 4.83. The van der Waals surface area contributed by atoms with Crippen LogP contribution in [-0.2, 0) is 32.7 Å². The zero-order chi connectivity index (χ0) is 49.2. The van der Waals surface area contributed by atoms with Gasteiger partial charge in [0.2, 0.25) is 0 Å². The number of fused-ring (bicyclic) bond motifs is 3. The van der Waals surface area contributed by atoms with Gasteiger partial charge in [-0.1, -0.05) is 229 Å². The normalized spacial score (nSPS) is 11.9. The van der Waals surface area contributed by atoms with Gasteiger partial charge >= 0.3 is 32.7 Å². The van der Waals surface area contributed by atoms with E-state index in [0.29, 0.717) is 35.5 Å². The summed E-state index contributed by atoms with van der Waals surface area (Å²) in [6.45, 7) is 26.6. The van der Waals surface area contributed by atoms with Gasteiger partial charge in [0.05, 0.1) is 17.1 Å². The summed E-state index contributed by atoms with van der Waals surface area (Å²) in [4.78, 5) is 28.4. The first-order chi connectivity index (χ1) is 33.2. The third kappa shape index (κ3) is 13.3. The number of rotatable bonds is 12. The number of aliphatic imine (C=N–C) groups is 3. The van der Waals surface area contributed by atoms with Crippen molar-refractivity contribution in [2.75, 3.05) is 0 Å². The smallest absolute Gasteiger partial charge is 0.656 e. The Bertz CT molecular complexity index is 2680. The van der Waals surface area contributed by atoms with Crippen LogP contribution in [-0.4, -0.2) is 18.6 Å². The maximum absolute atomic E-state index is 4.83.